The van der Waals surface area contributed by atoms with Gasteiger partial charge in [0.2, 0.25) is 0 Å². The molecule has 0 radical (unpaired) electrons. The lowest BCUT2D eigenvalue weighted by Crippen LogP contribution is -1.75. The molecule has 0 amide bonds. The van der Waals surface area contributed by atoms with Gasteiger partial charge in [0, 0.05) is 12.4 Å². The van der Waals surface area contributed by atoms with Crippen molar-refractivity contribution in [3.63, 3.8) is 0 Å². The molecule has 0 fully saturated rings. The van der Waals surface area contributed by atoms with Gasteiger partial charge in [0.1, 0.15) is 9.66 Å². The summed E-state index contributed by atoms with van der Waals surface area (Å²) in [7, 11) is 3.30. The molecule has 4 bridgehead atoms. The van der Waals surface area contributed by atoms with Gasteiger partial charge >= 0.3 is 0 Å². The van der Waals surface area contributed by atoms with E-state index in [2.05, 4.69) is 22.1 Å². The van der Waals surface area contributed by atoms with Gasteiger partial charge in [-0.3, -0.25) is 0 Å². The minimum atomic E-state index is 1.04. The van der Waals surface area contributed by atoms with E-state index < -0.39 is 0 Å². The minimum absolute atomic E-state index is 1.04. The standard InChI is InChI=1S/C10H6N2S2/c1-3-11-9-5-7(1)8-2-4-12-10(6-8)14-13-9/h1-6H. The number of pyridine rings is 2. The lowest BCUT2D eigenvalue weighted by Gasteiger charge is -1.95. The van der Waals surface area contributed by atoms with Crippen LogP contribution < -0.4 is 0 Å². The second kappa shape index (κ2) is 3.15. The zero-order valence-corrected chi connectivity index (χ0v) is 8.81. The van der Waals surface area contributed by atoms with Crippen molar-refractivity contribution in [2.75, 3.05) is 0 Å². The third-order valence-corrected chi connectivity index (χ3v) is 4.16. The topological polar surface area (TPSA) is 25.8 Å². The summed E-state index contributed by atoms with van der Waals surface area (Å²) in [5.41, 5.74) is 0. The lowest BCUT2D eigenvalue weighted by molar-refractivity contribution is 1.43. The molecular formula is C10H6N2S2. The van der Waals surface area contributed by atoms with Crippen molar-refractivity contribution in [3.8, 4) is 0 Å². The predicted molar refractivity (Wildman–Crippen MR) is 61.6 cm³/mol. The molecule has 0 aliphatic heterocycles. The number of hydrogen-bond donors (Lipinski definition) is 0. The zero-order chi connectivity index (χ0) is 9.38. The van der Waals surface area contributed by atoms with E-state index in [0.29, 0.717) is 0 Å². The maximum atomic E-state index is 4.27. The first kappa shape index (κ1) is 8.08. The van der Waals surface area contributed by atoms with Gasteiger partial charge < -0.3 is 0 Å². The third kappa shape index (κ3) is 1.32. The van der Waals surface area contributed by atoms with E-state index in [0.717, 1.165) is 9.66 Å². The van der Waals surface area contributed by atoms with Gasteiger partial charge in [-0.05, 0) is 35.0 Å². The monoisotopic (exact) mass is 218 g/mol. The first-order valence-corrected chi connectivity index (χ1v) is 6.34. The number of hydrogen-bond acceptors (Lipinski definition) is 4. The van der Waals surface area contributed by atoms with Crippen molar-refractivity contribution in [2.45, 2.75) is 0 Å². The Kier molecular flexibility index (Phi) is 1.82. The highest BCUT2D eigenvalue weighted by molar-refractivity contribution is 7.72. The quantitative estimate of drug-likeness (QED) is 0.540. The van der Waals surface area contributed by atoms with Gasteiger partial charge in [-0.15, -0.1) is 0 Å². The maximum Gasteiger partial charge on any atom is 0.126 e. The van der Waals surface area contributed by atoms with Crippen LogP contribution in [0.3, 0.4) is 0 Å². The Hall–Kier alpha value is -1.26. The van der Waals surface area contributed by atoms with E-state index in [4.69, 9.17) is 0 Å². The molecular weight excluding hydrogens is 212 g/mol. The summed E-state index contributed by atoms with van der Waals surface area (Å²) in [5.74, 6) is 0. The number of rotatable bonds is 0. The molecule has 0 aliphatic carbocycles. The van der Waals surface area contributed by atoms with Crippen molar-refractivity contribution in [2.24, 2.45) is 0 Å². The summed E-state index contributed by atoms with van der Waals surface area (Å²) in [4.78, 5) is 10.6. The van der Waals surface area contributed by atoms with Gasteiger partial charge in [0.15, 0.2) is 0 Å². The maximum absolute atomic E-state index is 4.27. The first-order valence-electron chi connectivity index (χ1n) is 4.19. The number of aromatic nitrogens is 2. The average Bonchev–Trinajstić information content (AvgIpc) is 2.26. The second-order valence-electron chi connectivity index (χ2n) is 2.93. The lowest BCUT2D eigenvalue weighted by atomic mass is 10.2. The van der Waals surface area contributed by atoms with Crippen LogP contribution in [0, 0.1) is 0 Å². The molecule has 0 N–H and O–H groups in total. The van der Waals surface area contributed by atoms with Crippen molar-refractivity contribution in [3.05, 3.63) is 36.7 Å². The van der Waals surface area contributed by atoms with Crippen LogP contribution in [0.5, 0.6) is 0 Å². The molecule has 0 unspecified atom stereocenters. The summed E-state index contributed by atoms with van der Waals surface area (Å²) < 4.78 is 0. The minimum Gasteiger partial charge on any atom is -0.245 e. The Morgan fingerprint density at radius 3 is 1.79 bits per heavy atom. The van der Waals surface area contributed by atoms with Gasteiger partial charge in [0.05, 0.1) is 0 Å². The van der Waals surface area contributed by atoms with Crippen LogP contribution >= 0.6 is 20.7 Å². The van der Waals surface area contributed by atoms with Crippen LogP contribution in [0.1, 0.15) is 0 Å². The van der Waals surface area contributed by atoms with Gasteiger partial charge in [-0.2, -0.15) is 0 Å². The Bertz CT molecular complexity index is 555. The Labute approximate surface area is 87.9 Å². The molecule has 2 nitrogen and oxygen atoms in total. The molecule has 0 saturated heterocycles. The molecule has 0 saturated carbocycles. The summed E-state index contributed by atoms with van der Waals surface area (Å²) in [6.45, 7) is 0. The normalized spacial score (nSPS) is 10.9. The van der Waals surface area contributed by atoms with Crippen molar-refractivity contribution in [1.29, 1.82) is 0 Å². The fraction of sp³-hybridized carbons (Fsp3) is 0. The summed E-state index contributed by atoms with van der Waals surface area (Å²) in [5, 5.41) is 2.43. The van der Waals surface area contributed by atoms with Crippen molar-refractivity contribution < 1.29 is 0 Å². The van der Waals surface area contributed by atoms with E-state index in [1.54, 1.807) is 20.7 Å². The molecule has 4 heteroatoms. The SMILES string of the molecule is c1cc2cc(n1)ssc1cc2ccn1. The van der Waals surface area contributed by atoms with Crippen molar-refractivity contribution >= 4 is 41.1 Å². The van der Waals surface area contributed by atoms with Crippen LogP contribution in [-0.4, -0.2) is 9.97 Å². The molecule has 3 aromatic rings. The summed E-state index contributed by atoms with van der Waals surface area (Å²) in [6, 6.07) is 8.27. The molecule has 0 atom stereocenters. The molecule has 68 valence electrons. The van der Waals surface area contributed by atoms with Gasteiger partial charge in [-0.25, -0.2) is 9.97 Å². The molecule has 0 spiro atoms. The van der Waals surface area contributed by atoms with Crippen LogP contribution in [0.15, 0.2) is 36.7 Å². The third-order valence-electron chi connectivity index (χ3n) is 2.02. The number of nitrogens with zero attached hydrogens (tertiary/aromatic N) is 2. The van der Waals surface area contributed by atoms with Gasteiger partial charge in [-0.1, -0.05) is 20.7 Å². The van der Waals surface area contributed by atoms with E-state index in [9.17, 15) is 0 Å². The Balaban J connectivity index is 2.62. The van der Waals surface area contributed by atoms with Crippen LogP contribution in [0.25, 0.3) is 20.4 Å². The fourth-order valence-electron chi connectivity index (χ4n) is 1.35. The highest BCUT2D eigenvalue weighted by Crippen LogP contribution is 2.21. The zero-order valence-electron chi connectivity index (χ0n) is 7.18. The van der Waals surface area contributed by atoms with E-state index in [-0.39, 0.29) is 0 Å². The van der Waals surface area contributed by atoms with E-state index in [1.165, 1.54) is 10.8 Å². The molecule has 14 heavy (non-hydrogen) atoms. The largest absolute Gasteiger partial charge is 0.245 e. The van der Waals surface area contributed by atoms with Crippen LogP contribution in [-0.2, 0) is 0 Å². The molecule has 0 aromatic carbocycles. The Morgan fingerprint density at radius 1 is 0.786 bits per heavy atom. The van der Waals surface area contributed by atoms with Crippen LogP contribution in [0.4, 0.5) is 0 Å². The second-order valence-corrected chi connectivity index (χ2v) is 5.10. The van der Waals surface area contributed by atoms with Gasteiger partial charge in [0.25, 0.3) is 0 Å². The number of fused-ring (bicyclic) bond motifs is 5. The first-order chi connectivity index (χ1) is 6.92. The van der Waals surface area contributed by atoms with E-state index in [1.807, 2.05) is 24.5 Å². The molecule has 0 aliphatic rings. The summed E-state index contributed by atoms with van der Waals surface area (Å²) >= 11 is 0. The fourth-order valence-corrected chi connectivity index (χ4v) is 3.14. The van der Waals surface area contributed by atoms with Crippen molar-refractivity contribution in [1.82, 2.24) is 9.97 Å². The molecule has 3 rings (SSSR count). The average molecular weight is 218 g/mol. The Morgan fingerprint density at radius 2 is 1.29 bits per heavy atom. The highest BCUT2D eigenvalue weighted by atomic mass is 32.9. The summed E-state index contributed by atoms with van der Waals surface area (Å²) in [6.07, 6.45) is 3.70. The van der Waals surface area contributed by atoms with Crippen LogP contribution in [0.2, 0.25) is 0 Å². The predicted octanol–water partition coefficient (Wildman–Crippen LogP) is 3.47. The molecule has 3 heterocycles. The highest BCUT2D eigenvalue weighted by Gasteiger charge is 1.94. The van der Waals surface area contributed by atoms with E-state index >= 15 is 0 Å². The molecule has 3 aromatic heterocycles. The smallest absolute Gasteiger partial charge is 0.126 e.